The lowest BCUT2D eigenvalue weighted by atomic mass is 9.95. The van der Waals surface area contributed by atoms with Crippen molar-refractivity contribution in [1.29, 1.82) is 0 Å². The number of hydrogen-bond acceptors (Lipinski definition) is 2. The molecule has 19 heavy (non-hydrogen) atoms. The van der Waals surface area contributed by atoms with Gasteiger partial charge < -0.3 is 10.1 Å². The largest absolute Gasteiger partial charge is 0.416 e. The van der Waals surface area contributed by atoms with Crippen LogP contribution in [0.15, 0.2) is 18.2 Å². The van der Waals surface area contributed by atoms with Gasteiger partial charge in [-0.2, -0.15) is 13.2 Å². The fourth-order valence-corrected chi connectivity index (χ4v) is 2.80. The highest BCUT2D eigenvalue weighted by Gasteiger charge is 2.41. The van der Waals surface area contributed by atoms with Gasteiger partial charge in [-0.05, 0) is 37.5 Å². The molecule has 0 saturated carbocycles. The molecule has 0 aromatic heterocycles. The van der Waals surface area contributed by atoms with Crippen molar-refractivity contribution in [2.24, 2.45) is 0 Å². The van der Waals surface area contributed by atoms with Crippen molar-refractivity contribution in [3.05, 3.63) is 29.6 Å². The molecule has 104 valence electrons. The van der Waals surface area contributed by atoms with Gasteiger partial charge in [0.1, 0.15) is 5.82 Å². The van der Waals surface area contributed by atoms with Gasteiger partial charge in [-0.1, -0.05) is 0 Å². The molecule has 0 spiro atoms. The van der Waals surface area contributed by atoms with Crippen LogP contribution < -0.4 is 5.32 Å². The second-order valence-electron chi connectivity index (χ2n) is 5.05. The van der Waals surface area contributed by atoms with Gasteiger partial charge in [0.15, 0.2) is 0 Å². The summed E-state index contributed by atoms with van der Waals surface area (Å²) in [5, 5.41) is 2.95. The Hall–Kier alpha value is -1.30. The molecule has 1 aromatic rings. The van der Waals surface area contributed by atoms with Crippen molar-refractivity contribution in [2.45, 2.75) is 43.7 Å². The predicted molar refractivity (Wildman–Crippen MR) is 61.3 cm³/mol. The number of ether oxygens (including phenoxy) is 1. The molecule has 3 atom stereocenters. The lowest BCUT2D eigenvalue weighted by molar-refractivity contribution is -0.137. The van der Waals surface area contributed by atoms with Gasteiger partial charge in [-0.25, -0.2) is 4.39 Å². The van der Waals surface area contributed by atoms with Gasteiger partial charge in [0.25, 0.3) is 0 Å². The second kappa shape index (κ2) is 4.37. The van der Waals surface area contributed by atoms with Crippen LogP contribution in [0.4, 0.5) is 23.2 Å². The van der Waals surface area contributed by atoms with E-state index < -0.39 is 17.6 Å². The number of halogens is 4. The van der Waals surface area contributed by atoms with Crippen molar-refractivity contribution in [1.82, 2.24) is 0 Å². The van der Waals surface area contributed by atoms with Gasteiger partial charge in [-0.15, -0.1) is 0 Å². The second-order valence-corrected chi connectivity index (χ2v) is 5.05. The van der Waals surface area contributed by atoms with Gasteiger partial charge in [0.05, 0.1) is 29.5 Å². The summed E-state index contributed by atoms with van der Waals surface area (Å²) in [6, 6.07) is 2.55. The molecule has 3 unspecified atom stereocenters. The average molecular weight is 275 g/mol. The first-order chi connectivity index (χ1) is 8.93. The molecular weight excluding hydrogens is 262 g/mol. The Bertz CT molecular complexity index is 488. The van der Waals surface area contributed by atoms with Crippen LogP contribution in [0, 0.1) is 5.82 Å². The summed E-state index contributed by atoms with van der Waals surface area (Å²) in [6.07, 6.45) is -1.55. The zero-order valence-electron chi connectivity index (χ0n) is 10.0. The summed E-state index contributed by atoms with van der Waals surface area (Å²) in [6.45, 7) is 0. The molecule has 2 nitrogen and oxygen atoms in total. The third-order valence-electron chi connectivity index (χ3n) is 3.74. The quantitative estimate of drug-likeness (QED) is 0.833. The van der Waals surface area contributed by atoms with E-state index in [2.05, 4.69) is 5.32 Å². The van der Waals surface area contributed by atoms with Crippen LogP contribution >= 0.6 is 0 Å². The number of benzene rings is 1. The lowest BCUT2D eigenvalue weighted by Gasteiger charge is -2.21. The zero-order valence-corrected chi connectivity index (χ0v) is 10.0. The van der Waals surface area contributed by atoms with E-state index in [4.69, 9.17) is 4.74 Å². The number of hydrogen-bond donors (Lipinski definition) is 1. The minimum absolute atomic E-state index is 0.00927. The highest BCUT2D eigenvalue weighted by molar-refractivity contribution is 5.48. The summed E-state index contributed by atoms with van der Waals surface area (Å²) >= 11 is 0. The van der Waals surface area contributed by atoms with Gasteiger partial charge in [-0.3, -0.25) is 0 Å². The van der Waals surface area contributed by atoms with E-state index in [1.165, 1.54) is 0 Å². The maximum atomic E-state index is 13.7. The molecular formula is C13H13F4NO. The molecule has 0 aliphatic carbocycles. The first kappa shape index (κ1) is 12.7. The summed E-state index contributed by atoms with van der Waals surface area (Å²) in [4.78, 5) is 0. The summed E-state index contributed by atoms with van der Waals surface area (Å²) in [5.41, 5.74) is -0.867. The third kappa shape index (κ3) is 2.41. The smallest absolute Gasteiger partial charge is 0.377 e. The molecule has 1 N–H and O–H groups in total. The summed E-state index contributed by atoms with van der Waals surface area (Å²) in [7, 11) is 0. The molecule has 0 radical (unpaired) electrons. The maximum Gasteiger partial charge on any atom is 0.416 e. The molecule has 2 bridgehead atoms. The van der Waals surface area contributed by atoms with Gasteiger partial charge >= 0.3 is 6.18 Å². The molecule has 2 aliphatic heterocycles. The van der Waals surface area contributed by atoms with Crippen LogP contribution in [0.2, 0.25) is 0 Å². The molecule has 6 heteroatoms. The highest BCUT2D eigenvalue weighted by Crippen LogP contribution is 2.37. The van der Waals surface area contributed by atoms with Crippen molar-refractivity contribution in [2.75, 3.05) is 5.32 Å². The van der Waals surface area contributed by atoms with Crippen LogP contribution in [-0.4, -0.2) is 18.2 Å². The van der Waals surface area contributed by atoms with E-state index >= 15 is 0 Å². The Balaban J connectivity index is 1.75. The number of nitrogens with one attached hydrogen (secondary N) is 1. The fourth-order valence-electron chi connectivity index (χ4n) is 2.80. The van der Waals surface area contributed by atoms with E-state index in [0.29, 0.717) is 6.07 Å². The third-order valence-corrected chi connectivity index (χ3v) is 3.74. The molecule has 2 saturated heterocycles. The van der Waals surface area contributed by atoms with E-state index in [-0.39, 0.29) is 23.9 Å². The van der Waals surface area contributed by atoms with Crippen LogP contribution in [-0.2, 0) is 10.9 Å². The first-order valence-electron chi connectivity index (χ1n) is 6.22. The molecule has 3 rings (SSSR count). The van der Waals surface area contributed by atoms with E-state index in [9.17, 15) is 17.6 Å². The van der Waals surface area contributed by atoms with E-state index in [1.54, 1.807) is 0 Å². The number of rotatable bonds is 2. The predicted octanol–water partition coefficient (Wildman–Crippen LogP) is 3.58. The number of anilines is 1. The maximum absolute atomic E-state index is 13.7. The summed E-state index contributed by atoms with van der Waals surface area (Å²) < 4.78 is 56.5. The Kier molecular flexibility index (Phi) is 2.92. The molecule has 1 aromatic carbocycles. The molecule has 2 fully saturated rings. The Labute approximate surface area is 107 Å². The Morgan fingerprint density at radius 2 is 2.00 bits per heavy atom. The van der Waals surface area contributed by atoms with Crippen LogP contribution in [0.3, 0.4) is 0 Å². The molecule has 2 aliphatic rings. The number of fused-ring (bicyclic) bond motifs is 2. The topological polar surface area (TPSA) is 21.3 Å². The van der Waals surface area contributed by atoms with Crippen molar-refractivity contribution < 1.29 is 22.3 Å². The SMILES string of the molecule is Fc1cc(C(F)(F)F)ccc1NC1CC2CCC1O2. The number of alkyl halides is 3. The minimum atomic E-state index is -4.52. The normalized spacial score (nSPS) is 29.8. The monoisotopic (exact) mass is 275 g/mol. The average Bonchev–Trinajstić information content (AvgIpc) is 2.92. The molecule has 0 amide bonds. The fraction of sp³-hybridized carbons (Fsp3) is 0.538. The Morgan fingerprint density at radius 3 is 2.53 bits per heavy atom. The standard InChI is InChI=1S/C13H13F4NO/c14-9-5-7(13(15,16)17)1-3-10(9)18-11-6-8-2-4-12(11)19-8/h1,3,5,8,11-12,18H,2,4,6H2. The Morgan fingerprint density at radius 1 is 1.21 bits per heavy atom. The minimum Gasteiger partial charge on any atom is -0.377 e. The van der Waals surface area contributed by atoms with E-state index in [1.807, 2.05) is 0 Å². The van der Waals surface area contributed by atoms with Crippen LogP contribution in [0.5, 0.6) is 0 Å². The van der Waals surface area contributed by atoms with Crippen LogP contribution in [0.1, 0.15) is 24.8 Å². The molecule has 2 heterocycles. The van der Waals surface area contributed by atoms with Gasteiger partial charge in [0, 0.05) is 0 Å². The first-order valence-corrected chi connectivity index (χ1v) is 6.22. The van der Waals surface area contributed by atoms with Gasteiger partial charge in [0.2, 0.25) is 0 Å². The van der Waals surface area contributed by atoms with Crippen molar-refractivity contribution >= 4 is 5.69 Å². The zero-order chi connectivity index (χ0) is 13.6. The van der Waals surface area contributed by atoms with Crippen LogP contribution in [0.25, 0.3) is 0 Å². The highest BCUT2D eigenvalue weighted by atomic mass is 19.4. The summed E-state index contributed by atoms with van der Waals surface area (Å²) in [5.74, 6) is -0.877. The van der Waals surface area contributed by atoms with Crippen molar-refractivity contribution in [3.8, 4) is 0 Å². The lowest BCUT2D eigenvalue weighted by Crippen LogP contribution is -2.30. The van der Waals surface area contributed by atoms with Crippen molar-refractivity contribution in [3.63, 3.8) is 0 Å². The van der Waals surface area contributed by atoms with E-state index in [0.717, 1.165) is 31.4 Å².